The lowest BCUT2D eigenvalue weighted by Crippen LogP contribution is -2.53. The summed E-state index contributed by atoms with van der Waals surface area (Å²) in [5, 5.41) is 1.57. The summed E-state index contributed by atoms with van der Waals surface area (Å²) < 4.78 is 15.8. The van der Waals surface area contributed by atoms with Gasteiger partial charge in [-0.05, 0) is 37.5 Å². The van der Waals surface area contributed by atoms with E-state index in [1.807, 2.05) is 31.2 Å². The minimum atomic E-state index is -0.577. The molecule has 2 atom stereocenters. The largest absolute Gasteiger partial charge is 0.366 e. The van der Waals surface area contributed by atoms with Crippen molar-refractivity contribution < 1.29 is 9.18 Å². The molecule has 4 rings (SSSR count). The quantitative estimate of drug-likeness (QED) is 0.511. The SMILES string of the molecule is Cc1ccc(-c2cncc(N(NC3CCCCC3N)c3ccc(C(N)=O)cn3)c2F)cc1. The van der Waals surface area contributed by atoms with Crippen molar-refractivity contribution in [1.29, 1.82) is 0 Å². The average molecular weight is 435 g/mol. The second-order valence-electron chi connectivity index (χ2n) is 8.17. The Bertz CT molecular complexity index is 1090. The first-order valence-corrected chi connectivity index (χ1v) is 10.7. The van der Waals surface area contributed by atoms with Crippen molar-refractivity contribution >= 4 is 17.4 Å². The van der Waals surface area contributed by atoms with Gasteiger partial charge in [-0.3, -0.25) is 14.8 Å². The van der Waals surface area contributed by atoms with Crippen LogP contribution in [-0.4, -0.2) is 28.0 Å². The molecule has 32 heavy (non-hydrogen) atoms. The van der Waals surface area contributed by atoms with E-state index in [1.54, 1.807) is 17.1 Å². The van der Waals surface area contributed by atoms with Crippen molar-refractivity contribution in [1.82, 2.24) is 15.4 Å². The Morgan fingerprint density at radius 3 is 2.50 bits per heavy atom. The van der Waals surface area contributed by atoms with E-state index in [1.165, 1.54) is 18.6 Å². The number of carbonyl (C=O) groups excluding carboxylic acids is 1. The number of aryl methyl sites for hydroxylation is 1. The molecule has 8 heteroatoms. The lowest BCUT2D eigenvalue weighted by Gasteiger charge is -2.35. The molecule has 1 aromatic carbocycles. The molecule has 0 saturated heterocycles. The summed E-state index contributed by atoms with van der Waals surface area (Å²) in [7, 11) is 0. The third kappa shape index (κ3) is 4.61. The van der Waals surface area contributed by atoms with Crippen LogP contribution >= 0.6 is 0 Å². The number of halogens is 1. The lowest BCUT2D eigenvalue weighted by atomic mass is 9.91. The van der Waals surface area contributed by atoms with Crippen LogP contribution in [0.5, 0.6) is 0 Å². The van der Waals surface area contributed by atoms with E-state index in [2.05, 4.69) is 15.4 Å². The molecule has 0 radical (unpaired) electrons. The highest BCUT2D eigenvalue weighted by atomic mass is 19.1. The first kappa shape index (κ1) is 21.9. The predicted molar refractivity (Wildman–Crippen MR) is 123 cm³/mol. The highest BCUT2D eigenvalue weighted by Gasteiger charge is 2.27. The van der Waals surface area contributed by atoms with Crippen LogP contribution < -0.4 is 21.9 Å². The first-order chi connectivity index (χ1) is 15.4. The number of hydrazine groups is 1. The second kappa shape index (κ2) is 9.42. The molecule has 1 saturated carbocycles. The van der Waals surface area contributed by atoms with Crippen LogP contribution in [0.25, 0.3) is 11.1 Å². The van der Waals surface area contributed by atoms with Crippen molar-refractivity contribution in [2.24, 2.45) is 11.5 Å². The third-order valence-electron chi connectivity index (χ3n) is 5.84. The highest BCUT2D eigenvalue weighted by Crippen LogP contribution is 2.32. The van der Waals surface area contributed by atoms with E-state index in [4.69, 9.17) is 11.5 Å². The molecule has 1 fully saturated rings. The smallest absolute Gasteiger partial charge is 0.250 e. The molecule has 2 heterocycles. The molecule has 3 aromatic rings. The predicted octanol–water partition coefficient (Wildman–Crippen LogP) is 3.60. The van der Waals surface area contributed by atoms with Crippen LogP contribution in [0.15, 0.2) is 55.0 Å². The van der Waals surface area contributed by atoms with Gasteiger partial charge in [0.2, 0.25) is 5.91 Å². The van der Waals surface area contributed by atoms with Gasteiger partial charge in [0.1, 0.15) is 11.5 Å². The van der Waals surface area contributed by atoms with Crippen LogP contribution in [0.4, 0.5) is 15.9 Å². The zero-order chi connectivity index (χ0) is 22.7. The fourth-order valence-corrected chi connectivity index (χ4v) is 3.93. The van der Waals surface area contributed by atoms with Gasteiger partial charge in [-0.2, -0.15) is 0 Å². The van der Waals surface area contributed by atoms with Gasteiger partial charge in [0.25, 0.3) is 0 Å². The summed E-state index contributed by atoms with van der Waals surface area (Å²) >= 11 is 0. The number of nitrogens with zero attached hydrogens (tertiary/aromatic N) is 3. The number of nitrogens with two attached hydrogens (primary N) is 2. The zero-order valence-electron chi connectivity index (χ0n) is 18.0. The van der Waals surface area contributed by atoms with Crippen molar-refractivity contribution in [3.05, 3.63) is 71.9 Å². The lowest BCUT2D eigenvalue weighted by molar-refractivity contribution is 0.1000. The Hall–Kier alpha value is -3.36. The third-order valence-corrected chi connectivity index (χ3v) is 5.84. The minimum absolute atomic E-state index is 0.0520. The van der Waals surface area contributed by atoms with E-state index < -0.39 is 11.7 Å². The first-order valence-electron chi connectivity index (χ1n) is 10.7. The fraction of sp³-hybridized carbons (Fsp3) is 0.292. The number of nitrogens with one attached hydrogen (secondary N) is 1. The van der Waals surface area contributed by atoms with Crippen molar-refractivity contribution in [2.75, 3.05) is 5.01 Å². The van der Waals surface area contributed by atoms with Crippen molar-refractivity contribution in [2.45, 2.75) is 44.7 Å². The van der Waals surface area contributed by atoms with E-state index in [-0.39, 0.29) is 23.3 Å². The van der Waals surface area contributed by atoms with Crippen molar-refractivity contribution in [3.8, 4) is 11.1 Å². The number of pyridine rings is 2. The van der Waals surface area contributed by atoms with E-state index in [9.17, 15) is 4.79 Å². The summed E-state index contributed by atoms with van der Waals surface area (Å²) in [4.78, 5) is 20.1. The standard InChI is InChI=1S/C24H27FN6O/c1-15-6-8-16(9-7-15)18-13-28-14-21(23(18)25)31(30-20-5-3-2-4-19(20)26)22-11-10-17(12-29-22)24(27)32/h6-14,19-20,30H,2-5,26H2,1H3,(H2,27,32). The number of carbonyl (C=O) groups is 1. The molecule has 2 aromatic heterocycles. The highest BCUT2D eigenvalue weighted by molar-refractivity contribution is 5.92. The number of benzene rings is 1. The molecule has 2 unspecified atom stereocenters. The molecule has 7 nitrogen and oxygen atoms in total. The van der Waals surface area contributed by atoms with Gasteiger partial charge < -0.3 is 11.5 Å². The maximum atomic E-state index is 15.8. The maximum absolute atomic E-state index is 15.8. The summed E-state index contributed by atoms with van der Waals surface area (Å²) in [6.45, 7) is 1.98. The molecule has 1 aliphatic carbocycles. The number of hydrogen-bond donors (Lipinski definition) is 3. The normalized spacial score (nSPS) is 18.3. The molecular weight excluding hydrogens is 407 g/mol. The molecule has 166 valence electrons. The Morgan fingerprint density at radius 1 is 1.09 bits per heavy atom. The Balaban J connectivity index is 1.76. The van der Waals surface area contributed by atoms with Gasteiger partial charge in [-0.25, -0.2) is 14.8 Å². The van der Waals surface area contributed by atoms with E-state index in [0.717, 1.165) is 36.8 Å². The molecule has 0 aliphatic heterocycles. The molecule has 5 N–H and O–H groups in total. The Morgan fingerprint density at radius 2 is 1.84 bits per heavy atom. The number of rotatable bonds is 6. The van der Waals surface area contributed by atoms with Gasteiger partial charge in [-0.1, -0.05) is 42.7 Å². The van der Waals surface area contributed by atoms with Crippen LogP contribution in [-0.2, 0) is 0 Å². The van der Waals surface area contributed by atoms with Gasteiger partial charge >= 0.3 is 0 Å². The van der Waals surface area contributed by atoms with Gasteiger partial charge in [0, 0.05) is 30.0 Å². The zero-order valence-corrected chi connectivity index (χ0v) is 18.0. The van der Waals surface area contributed by atoms with Crippen LogP contribution in [0.1, 0.15) is 41.6 Å². The Labute approximate surface area is 186 Å². The van der Waals surface area contributed by atoms with Crippen LogP contribution in [0.3, 0.4) is 0 Å². The molecule has 1 aliphatic rings. The maximum Gasteiger partial charge on any atom is 0.250 e. The number of aromatic nitrogens is 2. The Kier molecular flexibility index (Phi) is 6.43. The fourth-order valence-electron chi connectivity index (χ4n) is 3.93. The summed E-state index contributed by atoms with van der Waals surface area (Å²) in [6.07, 6.45) is 8.21. The summed E-state index contributed by atoms with van der Waals surface area (Å²) in [5.74, 6) is -0.594. The average Bonchev–Trinajstić information content (AvgIpc) is 2.80. The van der Waals surface area contributed by atoms with E-state index in [0.29, 0.717) is 11.4 Å². The van der Waals surface area contributed by atoms with Crippen LogP contribution in [0, 0.1) is 12.7 Å². The molecule has 1 amide bonds. The minimum Gasteiger partial charge on any atom is -0.366 e. The second-order valence-corrected chi connectivity index (χ2v) is 8.17. The molecular formula is C24H27FN6O. The number of hydrogen-bond acceptors (Lipinski definition) is 6. The van der Waals surface area contributed by atoms with Gasteiger partial charge in [0.05, 0.1) is 11.8 Å². The van der Waals surface area contributed by atoms with Gasteiger partial charge in [-0.15, -0.1) is 0 Å². The molecule has 0 bridgehead atoms. The number of amides is 1. The number of primary amides is 1. The van der Waals surface area contributed by atoms with Crippen LogP contribution in [0.2, 0.25) is 0 Å². The summed E-state index contributed by atoms with van der Waals surface area (Å²) in [5.41, 5.74) is 17.7. The van der Waals surface area contributed by atoms with Gasteiger partial charge in [0.15, 0.2) is 5.82 Å². The topological polar surface area (TPSA) is 110 Å². The van der Waals surface area contributed by atoms with Crippen molar-refractivity contribution in [3.63, 3.8) is 0 Å². The van der Waals surface area contributed by atoms with E-state index >= 15 is 4.39 Å². The monoisotopic (exact) mass is 434 g/mol. The number of anilines is 2. The summed E-state index contributed by atoms with van der Waals surface area (Å²) in [6, 6.07) is 10.7. The molecule has 0 spiro atoms.